The first-order valence-electron chi connectivity index (χ1n) is 6.42. The summed E-state index contributed by atoms with van der Waals surface area (Å²) in [7, 11) is 0.369. The van der Waals surface area contributed by atoms with Gasteiger partial charge < -0.3 is 4.90 Å². The van der Waals surface area contributed by atoms with Gasteiger partial charge in [0.2, 0.25) is 0 Å². The fraction of sp³-hybridized carbons (Fsp3) is 0.750. The Morgan fingerprint density at radius 1 is 1.40 bits per heavy atom. The summed E-state index contributed by atoms with van der Waals surface area (Å²) < 4.78 is 27.6. The molecule has 0 aliphatic rings. The van der Waals surface area contributed by atoms with Crippen molar-refractivity contribution in [1.82, 2.24) is 14.6 Å². The molecule has 0 bridgehead atoms. The Labute approximate surface area is 130 Å². The maximum atomic E-state index is 12.3. The Morgan fingerprint density at radius 3 is 2.40 bits per heavy atom. The highest BCUT2D eigenvalue weighted by molar-refractivity contribution is 7.91. The summed E-state index contributed by atoms with van der Waals surface area (Å²) in [6, 6.07) is 0.161. The Kier molecular flexibility index (Phi) is 6.40. The van der Waals surface area contributed by atoms with Crippen molar-refractivity contribution < 1.29 is 8.42 Å². The molecular weight excluding hydrogens is 318 g/mol. The van der Waals surface area contributed by atoms with Gasteiger partial charge in [-0.2, -0.15) is 0 Å². The number of aryl methyl sites for hydroxylation is 1. The molecule has 0 fully saturated rings. The lowest BCUT2D eigenvalue weighted by Crippen LogP contribution is -2.40. The fourth-order valence-electron chi connectivity index (χ4n) is 1.89. The van der Waals surface area contributed by atoms with Crippen LogP contribution in [-0.4, -0.2) is 45.0 Å². The van der Waals surface area contributed by atoms with Gasteiger partial charge in [-0.25, -0.2) is 18.1 Å². The van der Waals surface area contributed by atoms with Crippen LogP contribution in [0.1, 0.15) is 26.0 Å². The summed E-state index contributed by atoms with van der Waals surface area (Å²) in [5.41, 5.74) is 0.442. The molecule has 0 aliphatic carbocycles. The lowest BCUT2D eigenvalue weighted by Gasteiger charge is -2.26. The third-order valence-electron chi connectivity index (χ3n) is 2.95. The van der Waals surface area contributed by atoms with Crippen molar-refractivity contribution in [3.05, 3.63) is 10.2 Å². The second kappa shape index (κ2) is 7.17. The number of thiazole rings is 1. The standard InChI is InChI=1S/C12H22ClN3O2S2/c1-8(2)6-10(16(4)5)7-14-20(17,18)11-9(3)15-12(13)19-11/h8,10,14H,6-7H2,1-5H3. The molecule has 1 N–H and O–H groups in total. The molecule has 1 aromatic heterocycles. The van der Waals surface area contributed by atoms with Gasteiger partial charge in [-0.1, -0.05) is 36.8 Å². The predicted octanol–water partition coefficient (Wildman–Crippen LogP) is 2.36. The number of aromatic nitrogens is 1. The lowest BCUT2D eigenvalue weighted by molar-refractivity contribution is 0.255. The summed E-state index contributed by atoms with van der Waals surface area (Å²) in [4.78, 5) is 5.98. The molecule has 5 nitrogen and oxygen atoms in total. The first-order valence-corrected chi connectivity index (χ1v) is 9.10. The van der Waals surface area contributed by atoms with E-state index < -0.39 is 10.0 Å². The smallest absolute Gasteiger partial charge is 0.252 e. The van der Waals surface area contributed by atoms with Gasteiger partial charge >= 0.3 is 0 Å². The predicted molar refractivity (Wildman–Crippen MR) is 84.0 cm³/mol. The van der Waals surface area contributed by atoms with Gasteiger partial charge in [0.15, 0.2) is 8.68 Å². The van der Waals surface area contributed by atoms with Crippen molar-refractivity contribution in [3.63, 3.8) is 0 Å². The van der Waals surface area contributed by atoms with E-state index in [4.69, 9.17) is 11.6 Å². The second-order valence-electron chi connectivity index (χ2n) is 5.44. The zero-order valence-electron chi connectivity index (χ0n) is 12.5. The molecule has 20 heavy (non-hydrogen) atoms. The zero-order chi connectivity index (χ0) is 15.5. The number of hydrogen-bond donors (Lipinski definition) is 1. The first-order chi connectivity index (χ1) is 9.13. The van der Waals surface area contributed by atoms with E-state index in [9.17, 15) is 8.42 Å². The van der Waals surface area contributed by atoms with Crippen molar-refractivity contribution in [2.75, 3.05) is 20.6 Å². The Morgan fingerprint density at radius 2 is 2.00 bits per heavy atom. The van der Waals surface area contributed by atoms with E-state index >= 15 is 0 Å². The minimum atomic E-state index is -3.54. The largest absolute Gasteiger partial charge is 0.305 e. The highest BCUT2D eigenvalue weighted by Gasteiger charge is 2.23. The van der Waals surface area contributed by atoms with Gasteiger partial charge in [0.1, 0.15) is 0 Å². The number of nitrogens with one attached hydrogen (secondary N) is 1. The molecule has 8 heteroatoms. The van der Waals surface area contributed by atoms with Gasteiger partial charge in [0, 0.05) is 12.6 Å². The Bertz CT molecular complexity index is 541. The van der Waals surface area contributed by atoms with Crippen LogP contribution >= 0.6 is 22.9 Å². The van der Waals surface area contributed by atoms with E-state index in [-0.39, 0.29) is 14.7 Å². The van der Waals surface area contributed by atoms with E-state index in [0.29, 0.717) is 18.2 Å². The Balaban J connectivity index is 2.78. The number of halogens is 1. The molecule has 1 unspecified atom stereocenters. The van der Waals surface area contributed by atoms with E-state index in [0.717, 1.165) is 17.8 Å². The first kappa shape index (κ1) is 17.8. The third kappa shape index (κ3) is 4.96. The van der Waals surface area contributed by atoms with Crippen molar-refractivity contribution in [2.45, 2.75) is 37.4 Å². The van der Waals surface area contributed by atoms with Crippen LogP contribution in [0.4, 0.5) is 0 Å². The van der Waals surface area contributed by atoms with Crippen LogP contribution in [0.3, 0.4) is 0 Å². The maximum Gasteiger partial charge on any atom is 0.252 e. The van der Waals surface area contributed by atoms with Crippen LogP contribution in [0.5, 0.6) is 0 Å². The van der Waals surface area contributed by atoms with Crippen molar-refractivity contribution >= 4 is 33.0 Å². The van der Waals surface area contributed by atoms with Gasteiger partial charge in [0.05, 0.1) is 5.69 Å². The third-order valence-corrected chi connectivity index (χ3v) is 6.25. The number of sulfonamides is 1. The summed E-state index contributed by atoms with van der Waals surface area (Å²) >= 11 is 6.75. The summed E-state index contributed by atoms with van der Waals surface area (Å²) in [6.45, 7) is 6.27. The number of rotatable bonds is 7. The average molecular weight is 340 g/mol. The number of likely N-dealkylation sites (N-methyl/N-ethyl adjacent to an activating group) is 1. The van der Waals surface area contributed by atoms with Crippen LogP contribution in [0.15, 0.2) is 4.21 Å². The highest BCUT2D eigenvalue weighted by Crippen LogP contribution is 2.26. The van der Waals surface area contributed by atoms with Gasteiger partial charge in [-0.15, -0.1) is 0 Å². The number of hydrogen-bond acceptors (Lipinski definition) is 5. The summed E-state index contributed by atoms with van der Waals surface area (Å²) in [5, 5.41) is 0. The number of nitrogens with zero attached hydrogens (tertiary/aromatic N) is 2. The van der Waals surface area contributed by atoms with E-state index in [2.05, 4.69) is 23.6 Å². The van der Waals surface area contributed by atoms with Crippen LogP contribution in [-0.2, 0) is 10.0 Å². The van der Waals surface area contributed by atoms with Crippen molar-refractivity contribution in [3.8, 4) is 0 Å². The minimum absolute atomic E-state index is 0.161. The van der Waals surface area contributed by atoms with Crippen LogP contribution in [0.25, 0.3) is 0 Å². The molecule has 1 heterocycles. The molecule has 1 aromatic rings. The molecule has 116 valence electrons. The van der Waals surface area contributed by atoms with Crippen LogP contribution in [0, 0.1) is 12.8 Å². The van der Waals surface area contributed by atoms with E-state index in [1.807, 2.05) is 19.0 Å². The lowest BCUT2D eigenvalue weighted by atomic mass is 10.0. The second-order valence-corrected chi connectivity index (χ2v) is 8.98. The SMILES string of the molecule is Cc1nc(Cl)sc1S(=O)(=O)NCC(CC(C)C)N(C)C. The normalized spacial score (nSPS) is 14.2. The van der Waals surface area contributed by atoms with E-state index in [1.165, 1.54) is 0 Å². The molecule has 1 rings (SSSR count). The molecule has 0 saturated heterocycles. The molecule has 0 aliphatic heterocycles. The molecule has 0 aromatic carbocycles. The summed E-state index contributed by atoms with van der Waals surface area (Å²) in [5.74, 6) is 0.506. The topological polar surface area (TPSA) is 62.3 Å². The molecular formula is C12H22ClN3O2S2. The molecule has 1 atom stereocenters. The molecule has 0 spiro atoms. The van der Waals surface area contributed by atoms with Crippen molar-refractivity contribution in [2.24, 2.45) is 5.92 Å². The molecule has 0 saturated carbocycles. The monoisotopic (exact) mass is 339 g/mol. The highest BCUT2D eigenvalue weighted by atomic mass is 35.5. The van der Waals surface area contributed by atoms with E-state index in [1.54, 1.807) is 6.92 Å². The van der Waals surface area contributed by atoms with Crippen LogP contribution in [0.2, 0.25) is 4.47 Å². The summed E-state index contributed by atoms with van der Waals surface area (Å²) in [6.07, 6.45) is 0.929. The van der Waals surface area contributed by atoms with Gasteiger partial charge in [0.25, 0.3) is 10.0 Å². The Hall–Kier alpha value is -0.210. The quantitative estimate of drug-likeness (QED) is 0.828. The van der Waals surface area contributed by atoms with Crippen LogP contribution < -0.4 is 4.72 Å². The maximum absolute atomic E-state index is 12.3. The molecule has 0 amide bonds. The van der Waals surface area contributed by atoms with Gasteiger partial charge in [-0.05, 0) is 33.4 Å². The van der Waals surface area contributed by atoms with Crippen molar-refractivity contribution in [1.29, 1.82) is 0 Å². The molecule has 0 radical (unpaired) electrons. The van der Waals surface area contributed by atoms with Gasteiger partial charge in [-0.3, -0.25) is 0 Å². The fourth-order valence-corrected chi connectivity index (χ4v) is 4.75. The average Bonchev–Trinajstić information content (AvgIpc) is 2.63. The minimum Gasteiger partial charge on any atom is -0.305 e. The zero-order valence-corrected chi connectivity index (χ0v) is 14.9.